The maximum absolute atomic E-state index is 12.7. The van der Waals surface area contributed by atoms with Crippen LogP contribution in [-0.2, 0) is 39.9 Å². The van der Waals surface area contributed by atoms with E-state index in [9.17, 15) is 38.7 Å². The zero-order valence-electron chi connectivity index (χ0n) is 73.9. The molecule has 0 unspecified atom stereocenters. The number of carbonyl (C=O) groups excluding carboxylic acids is 7. The second kappa shape index (κ2) is 49.5. The summed E-state index contributed by atoms with van der Waals surface area (Å²) in [5, 5.41) is 28.6. The van der Waals surface area contributed by atoms with E-state index in [1.165, 1.54) is 66.1 Å². The Kier molecular flexibility index (Phi) is 38.9. The number of fused-ring (bicyclic) bond motifs is 4. The Bertz CT molecular complexity index is 5370. The van der Waals surface area contributed by atoms with E-state index in [0.717, 1.165) is 174 Å². The maximum Gasteiger partial charge on any atom is 0.341 e. The van der Waals surface area contributed by atoms with Gasteiger partial charge in [-0.3, -0.25) is 19.4 Å². The molecule has 25 nitrogen and oxygen atoms in total. The molecule has 0 saturated heterocycles. The van der Waals surface area contributed by atoms with E-state index >= 15 is 0 Å². The van der Waals surface area contributed by atoms with Crippen molar-refractivity contribution in [3.63, 3.8) is 0 Å². The van der Waals surface area contributed by atoms with Crippen LogP contribution >= 0.6 is 68.0 Å². The first-order chi connectivity index (χ1) is 60.5. The molecule has 12 aromatic rings. The molecule has 0 aliphatic carbocycles. The van der Waals surface area contributed by atoms with Gasteiger partial charge in [-0.25, -0.2) is 19.2 Å². The van der Waals surface area contributed by atoms with Crippen LogP contribution in [0.1, 0.15) is 151 Å². The number of thiophene rings is 6. The number of hydrogen-bond donors (Lipinski definition) is 5. The predicted octanol–water partition coefficient (Wildman–Crippen LogP) is 20.3. The highest BCUT2D eigenvalue weighted by Crippen LogP contribution is 2.51. The summed E-state index contributed by atoms with van der Waals surface area (Å²) in [7, 11) is 0. The predicted molar refractivity (Wildman–Crippen MR) is 513 cm³/mol. The van der Waals surface area contributed by atoms with Gasteiger partial charge in [-0.05, 0) is 167 Å². The van der Waals surface area contributed by atoms with Gasteiger partial charge in [0.15, 0.2) is 0 Å². The van der Waals surface area contributed by atoms with Crippen molar-refractivity contribution in [2.45, 2.75) is 110 Å². The average molecular weight is 1820 g/mol. The second-order valence-electron chi connectivity index (χ2n) is 28.0. The molecule has 668 valence electrons. The summed E-state index contributed by atoms with van der Waals surface area (Å²) in [5.41, 5.74) is 15.4. The van der Waals surface area contributed by atoms with E-state index in [4.69, 9.17) is 43.6 Å². The number of aromatic nitrogens is 1. The summed E-state index contributed by atoms with van der Waals surface area (Å²) >= 11 is 8.62. The van der Waals surface area contributed by atoms with Crippen LogP contribution in [0.3, 0.4) is 0 Å². The number of likely N-dealkylation sites (N-methyl/N-ethyl adjacent to an activating group) is 4. The van der Waals surface area contributed by atoms with Gasteiger partial charge in [-0.1, -0.05) is 110 Å². The number of nitrogens with one attached hydrogen (secondary N) is 3. The lowest BCUT2D eigenvalue weighted by molar-refractivity contribution is -0.115. The number of pyridine rings is 1. The molecule has 0 radical (unpaired) electrons. The molecule has 31 heteroatoms. The third kappa shape index (κ3) is 25.5. The van der Waals surface area contributed by atoms with E-state index in [0.29, 0.717) is 85.6 Å². The number of amides is 3. The lowest BCUT2D eigenvalue weighted by Crippen LogP contribution is -2.28. The number of rotatable bonds is 40. The van der Waals surface area contributed by atoms with Gasteiger partial charge in [0.05, 0.1) is 51.8 Å². The normalized spacial score (nSPS) is 11.1. The molecule has 3 amide bonds. The van der Waals surface area contributed by atoms with Crippen LogP contribution in [0.25, 0.3) is 84.2 Å². The lowest BCUT2D eigenvalue weighted by atomic mass is 10.0. The number of hydrogen-bond acceptors (Lipinski definition) is 28. The van der Waals surface area contributed by atoms with E-state index in [-0.39, 0.29) is 50.8 Å². The van der Waals surface area contributed by atoms with Gasteiger partial charge in [0, 0.05) is 108 Å². The van der Waals surface area contributed by atoms with Crippen LogP contribution in [0.2, 0.25) is 0 Å². The molecule has 12 rings (SSSR count). The summed E-state index contributed by atoms with van der Waals surface area (Å²) < 4.78 is 49.6. The summed E-state index contributed by atoms with van der Waals surface area (Å²) in [4.78, 5) is 100. The Balaban J connectivity index is 0.000000189. The van der Waals surface area contributed by atoms with Crippen molar-refractivity contribution in [3.8, 4) is 66.8 Å². The Labute approximate surface area is 755 Å². The highest BCUT2D eigenvalue weighted by molar-refractivity contribution is 7.25. The molecule has 7 heterocycles. The molecule has 0 atom stereocenters. The minimum atomic E-state index is -0.465. The number of nitrogens with zero attached hydrogens (tertiary/aromatic N) is 5. The minimum Gasteiger partial charge on any atom is -0.490 e. The van der Waals surface area contributed by atoms with Crippen molar-refractivity contribution >= 4 is 170 Å². The van der Waals surface area contributed by atoms with Gasteiger partial charge < -0.3 is 84.3 Å². The van der Waals surface area contributed by atoms with Gasteiger partial charge in [-0.2, -0.15) is 11.3 Å². The molecular weight excluding hydrogens is 1700 g/mol. The first kappa shape index (κ1) is 98.4. The molecule has 0 bridgehead atoms. The zero-order valence-corrected chi connectivity index (χ0v) is 78.8. The van der Waals surface area contributed by atoms with E-state index < -0.39 is 23.9 Å². The van der Waals surface area contributed by atoms with Crippen LogP contribution < -0.4 is 40.6 Å². The third-order valence-electron chi connectivity index (χ3n) is 20.3. The fraction of sp³-hybridized carbons (Fsp3) is 0.383. The van der Waals surface area contributed by atoms with Crippen LogP contribution in [0.15, 0.2) is 132 Å². The third-order valence-corrected chi connectivity index (χ3v) is 26.3. The number of carbonyl (C=O) groups is 7. The van der Waals surface area contributed by atoms with Crippen molar-refractivity contribution in [1.82, 2.24) is 24.6 Å². The van der Waals surface area contributed by atoms with Crippen molar-refractivity contribution in [2.24, 2.45) is 0 Å². The van der Waals surface area contributed by atoms with Crippen molar-refractivity contribution in [2.75, 3.05) is 153 Å². The Morgan fingerprint density at radius 2 is 0.712 bits per heavy atom. The Morgan fingerprint density at radius 1 is 0.384 bits per heavy atom. The summed E-state index contributed by atoms with van der Waals surface area (Å²) in [6, 6.07) is 33.1. The number of nitrogen functional groups attached to an aromatic ring is 1. The number of anilines is 4. The number of benzene rings is 5. The zero-order chi connectivity index (χ0) is 90.2. The standard InChI is InChI=1S/C24H29N3O4S.C24H30N2O4S.2C23H28N2O4S2/c1-5-27(6-2)14-15-31-21-18(17-10-12-25-13-11-17)8-9-19-20(24(29)30-7-3)23(26-16(4)28)32-22(19)21;1-4-26(5-2)13-14-30-21-18(17-9-7-16(15-27)8-10-17)11-12-19-20(24(28)29-6-3)23(25)31-22(19)21;1-5-25(6-2)11-12-29-20-17(16-10-13-30-14-16)8-9-18-19(23(27)28-7-3)22(24-15(4)26)31-21(18)20;1-5-25(6-2)12-13-29-20-16(18-9-8-14-30-18)10-11-17-19(23(27)28-7-3)22(24-15(4)26)31-21(17)20/h8-13H,5-7,14-15H2,1-4H3,(H,26,28);7-12,27H,4-6,13-15,25H2,1-3H3;8-10,13-14H,5-7,11-12H2,1-4H3,(H,24,26);8-11,14H,5-7,12-13H2,1-4H3,(H,24,26). The maximum atomic E-state index is 12.7. The highest BCUT2D eigenvalue weighted by atomic mass is 32.1. The molecular formula is C94H115N9O16S6. The summed E-state index contributed by atoms with van der Waals surface area (Å²) in [6.45, 7) is 42.3. The van der Waals surface area contributed by atoms with Gasteiger partial charge in [0.25, 0.3) is 0 Å². The molecule has 0 spiro atoms. The summed E-state index contributed by atoms with van der Waals surface area (Å²) in [5.74, 6) is 0.370. The van der Waals surface area contributed by atoms with Gasteiger partial charge >= 0.3 is 23.9 Å². The van der Waals surface area contributed by atoms with Crippen LogP contribution in [0.4, 0.5) is 20.0 Å². The first-order valence-corrected chi connectivity index (χ1v) is 47.3. The lowest BCUT2D eigenvalue weighted by Gasteiger charge is -2.19. The van der Waals surface area contributed by atoms with E-state index in [2.05, 4.69) is 113 Å². The van der Waals surface area contributed by atoms with E-state index in [1.54, 1.807) is 62.8 Å². The van der Waals surface area contributed by atoms with Crippen molar-refractivity contribution < 1.29 is 76.6 Å². The highest BCUT2D eigenvalue weighted by Gasteiger charge is 2.31. The molecule has 6 N–H and O–H groups in total. The number of esters is 4. The molecule has 0 saturated carbocycles. The molecule has 0 fully saturated rings. The fourth-order valence-electron chi connectivity index (χ4n) is 13.8. The Hall–Kier alpha value is -10.4. The number of nitrogens with two attached hydrogens (primary N) is 1. The molecule has 0 aliphatic rings. The Morgan fingerprint density at radius 3 is 1.03 bits per heavy atom. The quantitative estimate of drug-likeness (QED) is 0.0176. The average Bonchev–Trinajstić information content (AvgIpc) is 1.64. The first-order valence-electron chi connectivity index (χ1n) is 42.2. The SMILES string of the molecule is CCOC(=O)c1c(N)sc2c(OCCN(CC)CC)c(-c3ccc(CO)cc3)ccc12.CCOC(=O)c1c(NC(C)=O)sc2c(OCCN(CC)CC)c(-c3cccs3)ccc12.CCOC(=O)c1c(NC(C)=O)sc2c(OCCN(CC)CC)c(-c3ccncc3)ccc12.CCOC(=O)c1c(NC(C)=O)sc2c(OCCN(CC)CC)c(-c3ccsc3)ccc12. The summed E-state index contributed by atoms with van der Waals surface area (Å²) in [6.07, 6.45) is 3.47. The van der Waals surface area contributed by atoms with Gasteiger partial charge in [-0.15, -0.1) is 56.7 Å². The molecule has 0 aliphatic heterocycles. The monoisotopic (exact) mass is 1820 g/mol. The van der Waals surface area contributed by atoms with Gasteiger partial charge in [0.1, 0.15) is 91.7 Å². The minimum absolute atomic E-state index is 0.00307. The number of ether oxygens (including phenoxy) is 8. The van der Waals surface area contributed by atoms with Crippen LogP contribution in [0, 0.1) is 0 Å². The number of aliphatic hydroxyl groups is 1. The van der Waals surface area contributed by atoms with Crippen molar-refractivity contribution in [3.05, 3.63) is 159 Å². The van der Waals surface area contributed by atoms with E-state index in [1.807, 2.05) is 102 Å². The topological polar surface area (TPSA) is 302 Å². The van der Waals surface area contributed by atoms with Crippen molar-refractivity contribution in [1.29, 1.82) is 0 Å². The number of aliphatic hydroxyl groups excluding tert-OH is 1. The smallest absolute Gasteiger partial charge is 0.341 e. The van der Waals surface area contributed by atoms with Crippen LogP contribution in [0.5, 0.6) is 23.0 Å². The fourth-order valence-corrected chi connectivity index (χ4v) is 20.0. The largest absolute Gasteiger partial charge is 0.490 e. The second-order valence-corrected chi connectivity index (χ2v) is 33.9. The molecule has 7 aromatic heterocycles. The molecule has 125 heavy (non-hydrogen) atoms. The van der Waals surface area contributed by atoms with Gasteiger partial charge in [0.2, 0.25) is 17.7 Å². The molecule has 5 aromatic carbocycles. The van der Waals surface area contributed by atoms with Crippen LogP contribution in [-0.4, -0.2) is 203 Å².